The minimum atomic E-state index is -6.08. The van der Waals surface area contributed by atoms with Gasteiger partial charge in [-0.2, -0.15) is 30.7 Å². The van der Waals surface area contributed by atoms with E-state index in [9.17, 15) is 35.1 Å². The number of hydrogen-bond acceptors (Lipinski definition) is 1. The maximum atomic E-state index is 13.0. The number of rotatable bonds is 0. The van der Waals surface area contributed by atoms with Gasteiger partial charge >= 0.3 is 18.2 Å². The monoisotopic (exact) mass is 244 g/mol. The topological polar surface area (TPSA) is 9.23 Å². The zero-order valence-corrected chi connectivity index (χ0v) is 6.85. The number of halogens is 8. The van der Waals surface area contributed by atoms with E-state index < -0.39 is 36.9 Å². The average Bonchev–Trinajstić information content (AvgIpc) is 2.27. The Labute approximate surface area is 78.0 Å². The van der Waals surface area contributed by atoms with E-state index in [4.69, 9.17) is 0 Å². The van der Waals surface area contributed by atoms with Crippen LogP contribution in [0.3, 0.4) is 0 Å². The summed E-state index contributed by atoms with van der Waals surface area (Å²) >= 11 is 0. The summed E-state index contributed by atoms with van der Waals surface area (Å²) in [6, 6.07) is 0. The second kappa shape index (κ2) is 2.96. The van der Waals surface area contributed by atoms with Crippen LogP contribution in [0.5, 0.6) is 0 Å². The second-order valence-electron chi connectivity index (χ2n) is 2.99. The molecule has 1 rings (SSSR count). The molecular weight excluding hydrogens is 240 g/mol. The largest absolute Gasteiger partial charge is 0.452 e. The van der Waals surface area contributed by atoms with Gasteiger partial charge in [-0.1, -0.05) is 0 Å². The lowest BCUT2D eigenvalue weighted by Gasteiger charge is -2.34. The Kier molecular flexibility index (Phi) is 2.46. The van der Waals surface area contributed by atoms with Crippen molar-refractivity contribution in [3.8, 4) is 0 Å². The Morgan fingerprint density at radius 3 is 1.60 bits per heavy atom. The molecule has 90 valence electrons. The van der Waals surface area contributed by atoms with Crippen LogP contribution in [-0.4, -0.2) is 30.5 Å². The van der Waals surface area contributed by atoms with Gasteiger partial charge in [-0.05, 0) is 0 Å². The Balaban J connectivity index is 3.21. The fourth-order valence-corrected chi connectivity index (χ4v) is 1.24. The van der Waals surface area contributed by atoms with E-state index >= 15 is 0 Å². The minimum absolute atomic E-state index is 1.29. The van der Waals surface area contributed by atoms with Gasteiger partial charge in [0.2, 0.25) is 0 Å². The van der Waals surface area contributed by atoms with E-state index in [0.717, 1.165) is 0 Å². The van der Waals surface area contributed by atoms with Crippen molar-refractivity contribution in [3.63, 3.8) is 0 Å². The lowest BCUT2D eigenvalue weighted by molar-refractivity contribution is -0.392. The summed E-state index contributed by atoms with van der Waals surface area (Å²) in [5.41, 5.74) is -5.04. The summed E-state index contributed by atoms with van der Waals surface area (Å²) in [5, 5.41) is 0. The van der Waals surface area contributed by atoms with Gasteiger partial charge in [0.1, 0.15) is 0 Å². The zero-order chi connectivity index (χ0) is 12.1. The van der Waals surface area contributed by atoms with E-state index in [0.29, 0.717) is 0 Å². The molecule has 1 aliphatic heterocycles. The fraction of sp³-hybridized carbons (Fsp3) is 1.00. The number of ether oxygens (including phenoxy) is 1. The molecule has 1 saturated heterocycles. The minimum Gasteiger partial charge on any atom is -0.336 e. The van der Waals surface area contributed by atoms with Crippen LogP contribution >= 0.6 is 0 Å². The normalized spacial score (nSPS) is 38.4. The number of alkyl halides is 8. The van der Waals surface area contributed by atoms with Crippen molar-refractivity contribution in [1.82, 2.24) is 0 Å². The molecule has 1 nitrogen and oxygen atoms in total. The second-order valence-corrected chi connectivity index (χ2v) is 2.99. The molecule has 1 fully saturated rings. The van der Waals surface area contributed by atoms with E-state index in [1.54, 1.807) is 0 Å². The van der Waals surface area contributed by atoms with Gasteiger partial charge < -0.3 is 4.74 Å². The third kappa shape index (κ3) is 1.47. The predicted octanol–water partition coefficient (Wildman–Crippen LogP) is 2.91. The van der Waals surface area contributed by atoms with Crippen molar-refractivity contribution >= 4 is 0 Å². The highest BCUT2D eigenvalue weighted by Crippen LogP contribution is 2.57. The van der Waals surface area contributed by atoms with Crippen molar-refractivity contribution in [2.24, 2.45) is 0 Å². The third-order valence-electron chi connectivity index (χ3n) is 2.07. The van der Waals surface area contributed by atoms with Crippen LogP contribution < -0.4 is 0 Å². The predicted molar refractivity (Wildman–Crippen MR) is 30.4 cm³/mol. The van der Waals surface area contributed by atoms with E-state index in [2.05, 4.69) is 4.74 Å². The molecule has 15 heavy (non-hydrogen) atoms. The molecule has 0 saturated carbocycles. The SMILES string of the molecule is FC(F)(F)C1(F)CCOC1(F)C(F)(F)F. The summed E-state index contributed by atoms with van der Waals surface area (Å²) in [6.07, 6.45) is -13.8. The first kappa shape index (κ1) is 12.5. The maximum Gasteiger partial charge on any atom is 0.452 e. The molecule has 0 aromatic rings. The molecule has 0 radical (unpaired) electrons. The first-order valence-corrected chi connectivity index (χ1v) is 3.61. The Bertz CT molecular complexity index is 231. The Morgan fingerprint density at radius 2 is 1.33 bits per heavy atom. The van der Waals surface area contributed by atoms with Crippen LogP contribution in [0.1, 0.15) is 6.42 Å². The van der Waals surface area contributed by atoms with Gasteiger partial charge in [-0.25, -0.2) is 4.39 Å². The van der Waals surface area contributed by atoms with Crippen LogP contribution in [0.4, 0.5) is 35.1 Å². The van der Waals surface area contributed by atoms with Crippen molar-refractivity contribution in [2.75, 3.05) is 6.61 Å². The smallest absolute Gasteiger partial charge is 0.336 e. The van der Waals surface area contributed by atoms with E-state index in [1.165, 1.54) is 0 Å². The third-order valence-corrected chi connectivity index (χ3v) is 2.07. The van der Waals surface area contributed by atoms with Gasteiger partial charge in [0.15, 0.2) is 0 Å². The van der Waals surface area contributed by atoms with Crippen molar-refractivity contribution in [3.05, 3.63) is 0 Å². The van der Waals surface area contributed by atoms with Gasteiger partial charge in [0.25, 0.3) is 5.67 Å². The first-order valence-electron chi connectivity index (χ1n) is 3.61. The van der Waals surface area contributed by atoms with Crippen LogP contribution in [0.2, 0.25) is 0 Å². The molecule has 1 aliphatic rings. The van der Waals surface area contributed by atoms with Crippen LogP contribution in [0.15, 0.2) is 0 Å². The summed E-state index contributed by atoms with van der Waals surface area (Å²) in [6.45, 7) is -1.29. The molecule has 9 heteroatoms. The molecule has 0 bridgehead atoms. The molecule has 0 aromatic carbocycles. The molecule has 0 aliphatic carbocycles. The first-order chi connectivity index (χ1) is 6.46. The zero-order valence-electron chi connectivity index (χ0n) is 6.85. The van der Waals surface area contributed by atoms with E-state index in [-0.39, 0.29) is 0 Å². The fourth-order valence-electron chi connectivity index (χ4n) is 1.24. The van der Waals surface area contributed by atoms with Gasteiger partial charge in [0.05, 0.1) is 6.61 Å². The lowest BCUT2D eigenvalue weighted by atomic mass is 9.94. The molecule has 1 heterocycles. The van der Waals surface area contributed by atoms with E-state index in [1.807, 2.05) is 0 Å². The van der Waals surface area contributed by atoms with Crippen LogP contribution in [0.25, 0.3) is 0 Å². The van der Waals surface area contributed by atoms with Crippen molar-refractivity contribution < 1.29 is 39.9 Å². The molecule has 0 amide bonds. The standard InChI is InChI=1S/C6H4F8O/c7-3(5(9,10)11)1-2-15-4(3,8)6(12,13)14/h1-2H2. The van der Waals surface area contributed by atoms with Gasteiger partial charge in [0, 0.05) is 6.42 Å². The molecule has 2 atom stereocenters. The quantitative estimate of drug-likeness (QED) is 0.595. The van der Waals surface area contributed by atoms with Gasteiger partial charge in [-0.3, -0.25) is 0 Å². The average molecular weight is 244 g/mol. The summed E-state index contributed by atoms with van der Waals surface area (Å²) in [5.74, 6) is -5.32. The number of hydrogen-bond donors (Lipinski definition) is 0. The molecule has 2 unspecified atom stereocenters. The Morgan fingerprint density at radius 1 is 0.867 bits per heavy atom. The Hall–Kier alpha value is -0.600. The lowest BCUT2D eigenvalue weighted by Crippen LogP contribution is -2.61. The molecule has 0 N–H and O–H groups in total. The summed E-state index contributed by atoms with van der Waals surface area (Å²) in [7, 11) is 0. The summed E-state index contributed by atoms with van der Waals surface area (Å²) < 4.78 is 101. The van der Waals surface area contributed by atoms with Crippen molar-refractivity contribution in [2.45, 2.75) is 30.3 Å². The molecular formula is C6H4F8O. The molecule has 0 spiro atoms. The highest BCUT2D eigenvalue weighted by Gasteiger charge is 2.82. The maximum absolute atomic E-state index is 13.0. The van der Waals surface area contributed by atoms with Crippen LogP contribution in [-0.2, 0) is 4.74 Å². The highest BCUT2D eigenvalue weighted by molar-refractivity contribution is 5.07. The highest BCUT2D eigenvalue weighted by atomic mass is 19.4. The van der Waals surface area contributed by atoms with Gasteiger partial charge in [-0.15, -0.1) is 0 Å². The summed E-state index contributed by atoms with van der Waals surface area (Å²) in [4.78, 5) is 0. The van der Waals surface area contributed by atoms with Crippen LogP contribution in [0, 0.1) is 0 Å². The molecule has 0 aromatic heterocycles. The van der Waals surface area contributed by atoms with Crippen molar-refractivity contribution in [1.29, 1.82) is 0 Å².